The second-order valence-corrected chi connectivity index (χ2v) is 8.71. The first-order valence-electron chi connectivity index (χ1n) is 11.4. The van der Waals surface area contributed by atoms with Crippen LogP contribution < -0.4 is 5.32 Å². The van der Waals surface area contributed by atoms with Gasteiger partial charge in [-0.15, -0.1) is 0 Å². The van der Waals surface area contributed by atoms with E-state index in [0.29, 0.717) is 5.56 Å². The molecule has 3 nitrogen and oxygen atoms in total. The fourth-order valence-corrected chi connectivity index (χ4v) is 4.37. The van der Waals surface area contributed by atoms with Crippen molar-refractivity contribution in [3.63, 3.8) is 0 Å². The van der Waals surface area contributed by atoms with Crippen molar-refractivity contribution in [2.75, 3.05) is 5.32 Å². The number of nitrogens with one attached hydrogen (secondary N) is 2. The van der Waals surface area contributed by atoms with Crippen LogP contribution in [0.4, 0.5) is 10.1 Å². The molecule has 0 fully saturated rings. The van der Waals surface area contributed by atoms with Crippen LogP contribution in [0.25, 0.3) is 33.2 Å². The monoisotopic (exact) mass is 448 g/mol. The number of carbonyl (C=O) groups is 1. The van der Waals surface area contributed by atoms with E-state index in [4.69, 9.17) is 0 Å². The minimum absolute atomic E-state index is 0.0740. The fourth-order valence-electron chi connectivity index (χ4n) is 4.37. The molecule has 0 bridgehead atoms. The van der Waals surface area contributed by atoms with Crippen molar-refractivity contribution in [2.24, 2.45) is 0 Å². The molecule has 0 spiro atoms. The average Bonchev–Trinajstić information content (AvgIpc) is 3.26. The van der Waals surface area contributed by atoms with E-state index < -0.39 is 0 Å². The SMILES string of the molecule is CC(C)c1[nH]c(-c2ccc(F)cc2)c(-c2ccc3ccccc3c2)c1C(=O)Nc1ccccc1. The van der Waals surface area contributed by atoms with Gasteiger partial charge in [0.1, 0.15) is 5.82 Å². The molecular formula is C30H25FN2O. The second-order valence-electron chi connectivity index (χ2n) is 8.71. The molecule has 0 unspecified atom stereocenters. The van der Waals surface area contributed by atoms with E-state index in [1.54, 1.807) is 12.1 Å². The lowest BCUT2D eigenvalue weighted by atomic mass is 9.93. The highest BCUT2D eigenvalue weighted by atomic mass is 19.1. The van der Waals surface area contributed by atoms with Crippen molar-refractivity contribution in [1.29, 1.82) is 0 Å². The molecule has 1 aromatic heterocycles. The van der Waals surface area contributed by atoms with Crippen molar-refractivity contribution in [3.05, 3.63) is 114 Å². The Kier molecular flexibility index (Phi) is 5.72. The number of aromatic amines is 1. The summed E-state index contributed by atoms with van der Waals surface area (Å²) in [4.78, 5) is 17.2. The van der Waals surface area contributed by atoms with Gasteiger partial charge in [-0.25, -0.2) is 4.39 Å². The maximum Gasteiger partial charge on any atom is 0.258 e. The van der Waals surface area contributed by atoms with Crippen LogP contribution in [0.5, 0.6) is 0 Å². The van der Waals surface area contributed by atoms with E-state index in [-0.39, 0.29) is 17.6 Å². The third-order valence-corrected chi connectivity index (χ3v) is 6.04. The van der Waals surface area contributed by atoms with Gasteiger partial charge in [0.25, 0.3) is 5.91 Å². The Bertz CT molecular complexity index is 1470. The highest BCUT2D eigenvalue weighted by molar-refractivity contribution is 6.12. The van der Waals surface area contributed by atoms with E-state index in [9.17, 15) is 9.18 Å². The van der Waals surface area contributed by atoms with E-state index in [0.717, 1.165) is 44.5 Å². The molecule has 4 heteroatoms. The van der Waals surface area contributed by atoms with Gasteiger partial charge in [-0.1, -0.05) is 68.4 Å². The summed E-state index contributed by atoms with van der Waals surface area (Å²) in [6.07, 6.45) is 0. The van der Waals surface area contributed by atoms with Gasteiger partial charge in [0.05, 0.1) is 11.3 Å². The van der Waals surface area contributed by atoms with Crippen LogP contribution in [0.3, 0.4) is 0 Å². The molecule has 0 atom stereocenters. The summed E-state index contributed by atoms with van der Waals surface area (Å²) in [6, 6.07) is 30.2. The highest BCUT2D eigenvalue weighted by Crippen LogP contribution is 2.40. The number of para-hydroxylation sites is 1. The molecule has 0 radical (unpaired) electrons. The molecule has 34 heavy (non-hydrogen) atoms. The summed E-state index contributed by atoms with van der Waals surface area (Å²) in [5.74, 6) is -0.402. The number of carbonyl (C=O) groups excluding carboxylic acids is 1. The number of hydrogen-bond acceptors (Lipinski definition) is 1. The predicted octanol–water partition coefficient (Wildman–Crippen LogP) is 8.02. The molecule has 0 aliphatic carbocycles. The number of H-pyrrole nitrogens is 1. The fraction of sp³-hybridized carbons (Fsp3) is 0.100. The van der Waals surface area contributed by atoms with Crippen LogP contribution in [0.15, 0.2) is 97.1 Å². The van der Waals surface area contributed by atoms with E-state index >= 15 is 0 Å². The minimum atomic E-state index is -0.298. The Hall–Kier alpha value is -4.18. The van der Waals surface area contributed by atoms with Gasteiger partial charge in [-0.3, -0.25) is 4.79 Å². The second kappa shape index (κ2) is 8.99. The zero-order valence-electron chi connectivity index (χ0n) is 19.1. The third-order valence-electron chi connectivity index (χ3n) is 6.04. The molecule has 168 valence electrons. The average molecular weight is 449 g/mol. The van der Waals surface area contributed by atoms with Gasteiger partial charge in [-0.2, -0.15) is 0 Å². The molecule has 0 saturated carbocycles. The maximum absolute atomic E-state index is 13.7. The molecule has 0 aliphatic heterocycles. The summed E-state index contributed by atoms with van der Waals surface area (Å²) in [5.41, 5.74) is 5.55. The van der Waals surface area contributed by atoms with Crippen molar-refractivity contribution in [3.8, 4) is 22.4 Å². The third kappa shape index (κ3) is 4.11. The number of aromatic nitrogens is 1. The summed E-state index contributed by atoms with van der Waals surface area (Å²) in [7, 11) is 0. The zero-order chi connectivity index (χ0) is 23.7. The van der Waals surface area contributed by atoms with Gasteiger partial charge in [0.2, 0.25) is 0 Å². The molecule has 1 heterocycles. The molecule has 5 rings (SSSR count). The number of hydrogen-bond donors (Lipinski definition) is 2. The van der Waals surface area contributed by atoms with Crippen LogP contribution in [0.1, 0.15) is 35.8 Å². The summed E-state index contributed by atoms with van der Waals surface area (Å²) in [6.45, 7) is 4.12. The van der Waals surface area contributed by atoms with Crippen LogP contribution in [-0.4, -0.2) is 10.9 Å². The topological polar surface area (TPSA) is 44.9 Å². The maximum atomic E-state index is 13.7. The summed E-state index contributed by atoms with van der Waals surface area (Å²) < 4.78 is 13.7. The van der Waals surface area contributed by atoms with Gasteiger partial charge in [-0.05, 0) is 70.3 Å². The van der Waals surface area contributed by atoms with Crippen LogP contribution in [0, 0.1) is 5.82 Å². The largest absolute Gasteiger partial charge is 0.357 e. The van der Waals surface area contributed by atoms with Gasteiger partial charge in [0, 0.05) is 16.9 Å². The molecule has 2 N–H and O–H groups in total. The first-order valence-corrected chi connectivity index (χ1v) is 11.4. The van der Waals surface area contributed by atoms with Gasteiger partial charge in [0.15, 0.2) is 0 Å². The lowest BCUT2D eigenvalue weighted by Gasteiger charge is -2.12. The summed E-state index contributed by atoms with van der Waals surface area (Å²) >= 11 is 0. The Morgan fingerprint density at radius 2 is 1.44 bits per heavy atom. The number of fused-ring (bicyclic) bond motifs is 1. The normalized spacial score (nSPS) is 11.2. The quantitative estimate of drug-likeness (QED) is 0.281. The van der Waals surface area contributed by atoms with Gasteiger partial charge < -0.3 is 10.3 Å². The lowest BCUT2D eigenvalue weighted by Crippen LogP contribution is -2.15. The van der Waals surface area contributed by atoms with Crippen LogP contribution in [-0.2, 0) is 0 Å². The first-order chi connectivity index (χ1) is 16.5. The van der Waals surface area contributed by atoms with Crippen molar-refractivity contribution in [2.45, 2.75) is 19.8 Å². The van der Waals surface area contributed by atoms with Crippen LogP contribution in [0.2, 0.25) is 0 Å². The number of rotatable bonds is 5. The molecule has 0 aliphatic rings. The van der Waals surface area contributed by atoms with Crippen LogP contribution >= 0.6 is 0 Å². The number of anilines is 1. The molecule has 5 aromatic rings. The summed E-state index contributed by atoms with van der Waals surface area (Å²) in [5, 5.41) is 5.27. The molecular weight excluding hydrogens is 423 g/mol. The highest BCUT2D eigenvalue weighted by Gasteiger charge is 2.26. The molecule has 0 saturated heterocycles. The number of benzene rings is 4. The number of amides is 1. The van der Waals surface area contributed by atoms with Crippen molar-refractivity contribution >= 4 is 22.4 Å². The predicted molar refractivity (Wildman–Crippen MR) is 138 cm³/mol. The Morgan fingerprint density at radius 3 is 2.15 bits per heavy atom. The van der Waals surface area contributed by atoms with E-state index in [2.05, 4.69) is 48.4 Å². The van der Waals surface area contributed by atoms with Crippen molar-refractivity contribution in [1.82, 2.24) is 4.98 Å². The van der Waals surface area contributed by atoms with E-state index in [1.807, 2.05) is 48.5 Å². The zero-order valence-corrected chi connectivity index (χ0v) is 19.1. The molecule has 4 aromatic carbocycles. The molecule has 1 amide bonds. The Morgan fingerprint density at radius 1 is 0.794 bits per heavy atom. The van der Waals surface area contributed by atoms with E-state index in [1.165, 1.54) is 12.1 Å². The minimum Gasteiger partial charge on any atom is -0.357 e. The smallest absolute Gasteiger partial charge is 0.258 e. The van der Waals surface area contributed by atoms with Crippen molar-refractivity contribution < 1.29 is 9.18 Å². The standard InChI is InChI=1S/C30H25FN2O/c1-19(2)28-27(30(34)32-25-10-4-3-5-11-25)26(29(33-28)21-14-16-24(31)17-15-21)23-13-12-20-8-6-7-9-22(20)18-23/h3-19,33H,1-2H3,(H,32,34). The Labute approximate surface area is 198 Å². The number of halogens is 1. The first kappa shape index (κ1) is 21.7. The van der Waals surface area contributed by atoms with Gasteiger partial charge >= 0.3 is 0 Å². The Balaban J connectivity index is 1.75. The lowest BCUT2D eigenvalue weighted by molar-refractivity contribution is 0.102.